The van der Waals surface area contributed by atoms with Gasteiger partial charge < -0.3 is 4.90 Å². The van der Waals surface area contributed by atoms with E-state index in [0.717, 1.165) is 13.0 Å². The Morgan fingerprint density at radius 1 is 1.37 bits per heavy atom. The first-order valence-corrected chi connectivity index (χ1v) is 6.86. The number of terminal acetylenes is 1. The molecular formula is C17H21NO. The SMILES string of the molecule is C#CC(=O)N(C)CCC1(c2ccc(C)cc2)CCC1. The van der Waals surface area contributed by atoms with Gasteiger partial charge in [0.15, 0.2) is 0 Å². The molecule has 100 valence electrons. The average Bonchev–Trinajstić information content (AvgIpc) is 2.38. The fraction of sp³-hybridized carbons (Fsp3) is 0.471. The molecule has 1 fully saturated rings. The van der Waals surface area contributed by atoms with E-state index >= 15 is 0 Å². The molecule has 2 rings (SSSR count). The first-order valence-electron chi connectivity index (χ1n) is 6.86. The smallest absolute Gasteiger partial charge is 0.297 e. The fourth-order valence-electron chi connectivity index (χ4n) is 2.79. The van der Waals surface area contributed by atoms with Gasteiger partial charge in [-0.15, -0.1) is 6.42 Å². The van der Waals surface area contributed by atoms with Crippen molar-refractivity contribution in [3.63, 3.8) is 0 Å². The summed E-state index contributed by atoms with van der Waals surface area (Å²) in [4.78, 5) is 13.1. The van der Waals surface area contributed by atoms with Crippen molar-refractivity contribution in [3.8, 4) is 12.3 Å². The maximum absolute atomic E-state index is 11.4. The van der Waals surface area contributed by atoms with Gasteiger partial charge in [0.1, 0.15) is 0 Å². The third-order valence-electron chi connectivity index (χ3n) is 4.37. The van der Waals surface area contributed by atoms with Crippen LogP contribution in [0.15, 0.2) is 24.3 Å². The van der Waals surface area contributed by atoms with Crippen LogP contribution in [0.25, 0.3) is 0 Å². The van der Waals surface area contributed by atoms with E-state index in [1.165, 1.54) is 30.4 Å². The molecule has 0 aromatic heterocycles. The van der Waals surface area contributed by atoms with Crippen molar-refractivity contribution in [2.75, 3.05) is 13.6 Å². The number of carbonyl (C=O) groups excluding carboxylic acids is 1. The maximum Gasteiger partial charge on any atom is 0.297 e. The Bertz CT molecular complexity index is 491. The van der Waals surface area contributed by atoms with Gasteiger partial charge in [0, 0.05) is 13.6 Å². The largest absolute Gasteiger partial charge is 0.335 e. The van der Waals surface area contributed by atoms with E-state index < -0.39 is 0 Å². The van der Waals surface area contributed by atoms with Crippen LogP contribution in [0.1, 0.15) is 36.8 Å². The maximum atomic E-state index is 11.4. The van der Waals surface area contributed by atoms with Gasteiger partial charge in [-0.1, -0.05) is 36.2 Å². The molecular weight excluding hydrogens is 234 g/mol. The topological polar surface area (TPSA) is 20.3 Å². The lowest BCUT2D eigenvalue weighted by molar-refractivity contribution is -0.124. The predicted molar refractivity (Wildman–Crippen MR) is 77.8 cm³/mol. The number of amides is 1. The average molecular weight is 255 g/mol. The van der Waals surface area contributed by atoms with E-state index in [9.17, 15) is 4.79 Å². The van der Waals surface area contributed by atoms with Gasteiger partial charge in [-0.2, -0.15) is 0 Å². The molecule has 1 aliphatic rings. The van der Waals surface area contributed by atoms with Crippen LogP contribution in [-0.4, -0.2) is 24.4 Å². The molecule has 0 unspecified atom stereocenters. The van der Waals surface area contributed by atoms with Gasteiger partial charge in [0.2, 0.25) is 0 Å². The first-order chi connectivity index (χ1) is 9.07. The summed E-state index contributed by atoms with van der Waals surface area (Å²) in [7, 11) is 1.78. The zero-order chi connectivity index (χ0) is 13.9. The monoisotopic (exact) mass is 255 g/mol. The number of hydrogen-bond acceptors (Lipinski definition) is 1. The lowest BCUT2D eigenvalue weighted by atomic mass is 9.62. The molecule has 0 spiro atoms. The third-order valence-corrected chi connectivity index (χ3v) is 4.37. The summed E-state index contributed by atoms with van der Waals surface area (Å²) < 4.78 is 0. The van der Waals surface area contributed by atoms with E-state index in [-0.39, 0.29) is 11.3 Å². The summed E-state index contributed by atoms with van der Waals surface area (Å²) in [6.45, 7) is 2.84. The Hall–Kier alpha value is -1.75. The Morgan fingerprint density at radius 3 is 2.47 bits per heavy atom. The minimum Gasteiger partial charge on any atom is -0.335 e. The summed E-state index contributed by atoms with van der Waals surface area (Å²) in [5.41, 5.74) is 2.96. The zero-order valence-electron chi connectivity index (χ0n) is 11.8. The van der Waals surface area contributed by atoms with Gasteiger partial charge in [-0.25, -0.2) is 0 Å². The molecule has 1 aromatic rings. The minimum atomic E-state index is -0.224. The molecule has 0 atom stereocenters. The van der Waals surface area contributed by atoms with Gasteiger partial charge in [-0.05, 0) is 43.1 Å². The summed E-state index contributed by atoms with van der Waals surface area (Å²) in [6.07, 6.45) is 9.86. The molecule has 0 heterocycles. The number of carbonyl (C=O) groups is 1. The Balaban J connectivity index is 2.05. The van der Waals surface area contributed by atoms with E-state index in [2.05, 4.69) is 37.1 Å². The molecule has 0 aliphatic heterocycles. The molecule has 1 aliphatic carbocycles. The molecule has 1 amide bonds. The number of benzene rings is 1. The number of hydrogen-bond donors (Lipinski definition) is 0. The van der Waals surface area contributed by atoms with Crippen LogP contribution in [0.4, 0.5) is 0 Å². The minimum absolute atomic E-state index is 0.224. The molecule has 2 heteroatoms. The Morgan fingerprint density at radius 2 is 2.00 bits per heavy atom. The van der Waals surface area contributed by atoms with Crippen molar-refractivity contribution in [1.29, 1.82) is 0 Å². The third kappa shape index (κ3) is 2.81. The molecule has 1 aromatic carbocycles. The van der Waals surface area contributed by atoms with Gasteiger partial charge in [0.25, 0.3) is 5.91 Å². The summed E-state index contributed by atoms with van der Waals surface area (Å²) in [5.74, 6) is 1.95. The fourth-order valence-corrected chi connectivity index (χ4v) is 2.79. The molecule has 0 radical (unpaired) electrons. The van der Waals surface area contributed by atoms with E-state index in [1.54, 1.807) is 11.9 Å². The van der Waals surface area contributed by atoms with Gasteiger partial charge in [-0.3, -0.25) is 4.79 Å². The highest BCUT2D eigenvalue weighted by molar-refractivity contribution is 5.92. The first kappa shape index (κ1) is 13.7. The number of rotatable bonds is 4. The van der Waals surface area contributed by atoms with Gasteiger partial charge in [0.05, 0.1) is 0 Å². The molecule has 19 heavy (non-hydrogen) atoms. The highest BCUT2D eigenvalue weighted by Crippen LogP contribution is 2.46. The van der Waals surface area contributed by atoms with Crippen LogP contribution in [0.3, 0.4) is 0 Å². The summed E-state index contributed by atoms with van der Waals surface area (Å²) in [6, 6.07) is 8.81. The number of aryl methyl sites for hydroxylation is 1. The second kappa shape index (κ2) is 5.48. The van der Waals surface area contributed by atoms with Crippen molar-refractivity contribution < 1.29 is 4.79 Å². The molecule has 0 N–H and O–H groups in total. The summed E-state index contributed by atoms with van der Waals surface area (Å²) in [5, 5.41) is 0. The van der Waals surface area contributed by atoms with Crippen molar-refractivity contribution in [3.05, 3.63) is 35.4 Å². The predicted octanol–water partition coefficient (Wildman–Crippen LogP) is 2.90. The van der Waals surface area contributed by atoms with E-state index in [0.29, 0.717) is 0 Å². The van der Waals surface area contributed by atoms with Crippen LogP contribution < -0.4 is 0 Å². The van der Waals surface area contributed by atoms with E-state index in [1.807, 2.05) is 0 Å². The summed E-state index contributed by atoms with van der Waals surface area (Å²) >= 11 is 0. The lowest BCUT2D eigenvalue weighted by Gasteiger charge is -2.43. The highest BCUT2D eigenvalue weighted by atomic mass is 16.2. The normalized spacial score (nSPS) is 16.3. The van der Waals surface area contributed by atoms with Crippen LogP contribution in [0.2, 0.25) is 0 Å². The van der Waals surface area contributed by atoms with Crippen LogP contribution in [-0.2, 0) is 10.2 Å². The molecule has 1 saturated carbocycles. The molecule has 0 saturated heterocycles. The molecule has 0 bridgehead atoms. The van der Waals surface area contributed by atoms with Crippen molar-refractivity contribution in [1.82, 2.24) is 4.90 Å². The van der Waals surface area contributed by atoms with Gasteiger partial charge >= 0.3 is 0 Å². The van der Waals surface area contributed by atoms with Crippen LogP contribution in [0.5, 0.6) is 0 Å². The molecule has 2 nitrogen and oxygen atoms in total. The highest BCUT2D eigenvalue weighted by Gasteiger charge is 2.38. The standard InChI is InChI=1S/C17H21NO/c1-4-16(19)18(3)13-12-17(10-5-11-17)15-8-6-14(2)7-9-15/h1,6-9H,5,10-13H2,2-3H3. The Kier molecular flexibility index (Phi) is 3.95. The Labute approximate surface area is 115 Å². The van der Waals surface area contributed by atoms with Crippen molar-refractivity contribution in [2.24, 2.45) is 0 Å². The van der Waals surface area contributed by atoms with Crippen molar-refractivity contribution in [2.45, 2.75) is 38.0 Å². The second-order valence-corrected chi connectivity index (χ2v) is 5.62. The van der Waals surface area contributed by atoms with Crippen LogP contribution >= 0.6 is 0 Å². The second-order valence-electron chi connectivity index (χ2n) is 5.62. The quantitative estimate of drug-likeness (QED) is 0.758. The van der Waals surface area contributed by atoms with Crippen molar-refractivity contribution >= 4 is 5.91 Å². The van der Waals surface area contributed by atoms with Crippen LogP contribution in [0, 0.1) is 19.3 Å². The van der Waals surface area contributed by atoms with E-state index in [4.69, 9.17) is 6.42 Å². The number of nitrogens with zero attached hydrogens (tertiary/aromatic N) is 1. The zero-order valence-corrected chi connectivity index (χ0v) is 11.8. The lowest BCUT2D eigenvalue weighted by Crippen LogP contribution is -2.39.